The van der Waals surface area contributed by atoms with E-state index in [2.05, 4.69) is 21.9 Å². The molecular formula is C14H25N3O2S. The first kappa shape index (κ1) is 16.9. The van der Waals surface area contributed by atoms with Crippen LogP contribution in [0.1, 0.15) is 46.0 Å². The summed E-state index contributed by atoms with van der Waals surface area (Å²) in [6.07, 6.45) is 7.00. The summed E-state index contributed by atoms with van der Waals surface area (Å²) in [5.41, 5.74) is 0. The lowest BCUT2D eigenvalue weighted by molar-refractivity contribution is 0.522. The third-order valence-corrected chi connectivity index (χ3v) is 4.77. The second-order valence-electron chi connectivity index (χ2n) is 4.97. The highest BCUT2D eigenvalue weighted by atomic mass is 32.2. The summed E-state index contributed by atoms with van der Waals surface area (Å²) in [5, 5.41) is 2.80. The highest BCUT2D eigenvalue weighted by molar-refractivity contribution is 7.89. The molecule has 1 rings (SSSR count). The van der Waals surface area contributed by atoms with Gasteiger partial charge in [0.25, 0.3) is 0 Å². The molecule has 0 aliphatic carbocycles. The molecular weight excluding hydrogens is 274 g/mol. The minimum absolute atomic E-state index is 0.0678. The Morgan fingerprint density at radius 2 is 2.05 bits per heavy atom. The Morgan fingerprint density at radius 1 is 1.30 bits per heavy atom. The van der Waals surface area contributed by atoms with E-state index in [9.17, 15) is 8.42 Å². The predicted octanol–water partition coefficient (Wildman–Crippen LogP) is 2.76. The molecule has 0 bridgehead atoms. The van der Waals surface area contributed by atoms with E-state index in [4.69, 9.17) is 0 Å². The summed E-state index contributed by atoms with van der Waals surface area (Å²) < 4.78 is 27.4. The molecule has 1 atom stereocenters. The zero-order chi connectivity index (χ0) is 15.0. The fourth-order valence-corrected chi connectivity index (χ4v) is 3.50. The first-order chi connectivity index (χ1) is 9.51. The number of hydrogen-bond acceptors (Lipinski definition) is 4. The number of sulfonamides is 1. The van der Waals surface area contributed by atoms with Gasteiger partial charge in [-0.15, -0.1) is 0 Å². The number of pyridine rings is 1. The predicted molar refractivity (Wildman–Crippen MR) is 82.3 cm³/mol. The summed E-state index contributed by atoms with van der Waals surface area (Å²) in [4.78, 5) is 4.22. The number of unbranched alkanes of at least 4 members (excludes halogenated alkanes) is 3. The molecule has 5 nitrogen and oxygen atoms in total. The monoisotopic (exact) mass is 299 g/mol. The van der Waals surface area contributed by atoms with E-state index >= 15 is 0 Å². The van der Waals surface area contributed by atoms with Crippen molar-refractivity contribution in [2.75, 3.05) is 12.4 Å². The lowest BCUT2D eigenvalue weighted by Crippen LogP contribution is -2.33. The van der Waals surface area contributed by atoms with E-state index in [-0.39, 0.29) is 10.9 Å². The Bertz CT molecular complexity index is 503. The molecule has 20 heavy (non-hydrogen) atoms. The van der Waals surface area contributed by atoms with Crippen molar-refractivity contribution in [3.05, 3.63) is 18.3 Å². The normalized spacial score (nSPS) is 13.2. The zero-order valence-electron chi connectivity index (χ0n) is 12.5. The van der Waals surface area contributed by atoms with Crippen LogP contribution in [0.2, 0.25) is 0 Å². The highest BCUT2D eigenvalue weighted by Gasteiger charge is 2.20. The van der Waals surface area contributed by atoms with Gasteiger partial charge in [0.2, 0.25) is 10.0 Å². The van der Waals surface area contributed by atoms with Crippen molar-refractivity contribution in [3.63, 3.8) is 0 Å². The summed E-state index contributed by atoms with van der Waals surface area (Å²) in [6.45, 7) is 4.06. The molecule has 0 aromatic carbocycles. The largest absolute Gasteiger partial charge is 0.372 e. The first-order valence-electron chi connectivity index (χ1n) is 7.16. The van der Waals surface area contributed by atoms with Crippen LogP contribution in [0.5, 0.6) is 0 Å². The molecule has 1 heterocycles. The van der Waals surface area contributed by atoms with Gasteiger partial charge in [-0.3, -0.25) is 0 Å². The highest BCUT2D eigenvalue weighted by Crippen LogP contribution is 2.18. The van der Waals surface area contributed by atoms with Gasteiger partial charge in [-0.05, 0) is 25.5 Å². The average molecular weight is 299 g/mol. The Labute approximate surface area is 122 Å². The second kappa shape index (κ2) is 8.21. The topological polar surface area (TPSA) is 71.1 Å². The van der Waals surface area contributed by atoms with Crippen molar-refractivity contribution in [2.45, 2.75) is 56.9 Å². The average Bonchev–Trinajstić information content (AvgIpc) is 2.43. The van der Waals surface area contributed by atoms with Gasteiger partial charge >= 0.3 is 0 Å². The van der Waals surface area contributed by atoms with Gasteiger partial charge in [0, 0.05) is 19.3 Å². The van der Waals surface area contributed by atoms with Gasteiger partial charge in [0.05, 0.1) is 0 Å². The van der Waals surface area contributed by atoms with Crippen molar-refractivity contribution in [3.8, 4) is 0 Å². The minimum atomic E-state index is -3.52. The Balaban J connectivity index is 2.65. The molecule has 1 unspecified atom stereocenters. The Hall–Kier alpha value is -1.14. The van der Waals surface area contributed by atoms with Gasteiger partial charge in [-0.1, -0.05) is 32.6 Å². The van der Waals surface area contributed by atoms with Gasteiger partial charge in [0.15, 0.2) is 0 Å². The first-order valence-corrected chi connectivity index (χ1v) is 8.64. The van der Waals surface area contributed by atoms with E-state index in [0.29, 0.717) is 5.82 Å². The molecule has 2 N–H and O–H groups in total. The summed E-state index contributed by atoms with van der Waals surface area (Å²) in [5.74, 6) is 0.373. The summed E-state index contributed by atoms with van der Waals surface area (Å²) in [6, 6.07) is 3.12. The molecule has 0 aliphatic rings. The molecule has 0 amide bonds. The number of nitrogens with zero attached hydrogens (tertiary/aromatic N) is 1. The fourth-order valence-electron chi connectivity index (χ4n) is 2.06. The number of nitrogens with one attached hydrogen (secondary N) is 2. The van der Waals surface area contributed by atoms with E-state index in [0.717, 1.165) is 19.3 Å². The van der Waals surface area contributed by atoms with Crippen LogP contribution >= 0.6 is 0 Å². The van der Waals surface area contributed by atoms with Crippen molar-refractivity contribution in [2.24, 2.45) is 0 Å². The Kier molecular flexibility index (Phi) is 6.95. The van der Waals surface area contributed by atoms with E-state index in [1.165, 1.54) is 12.8 Å². The van der Waals surface area contributed by atoms with E-state index in [1.54, 1.807) is 25.4 Å². The smallest absolute Gasteiger partial charge is 0.244 e. The van der Waals surface area contributed by atoms with Crippen LogP contribution in [-0.2, 0) is 10.0 Å². The van der Waals surface area contributed by atoms with Crippen LogP contribution in [0.25, 0.3) is 0 Å². The summed E-state index contributed by atoms with van der Waals surface area (Å²) >= 11 is 0. The molecule has 6 heteroatoms. The van der Waals surface area contributed by atoms with Gasteiger partial charge in [-0.2, -0.15) is 0 Å². The maximum atomic E-state index is 12.3. The molecule has 0 saturated carbocycles. The molecule has 0 fully saturated rings. The van der Waals surface area contributed by atoms with Crippen molar-refractivity contribution < 1.29 is 8.42 Å². The van der Waals surface area contributed by atoms with E-state index in [1.807, 2.05) is 6.92 Å². The second-order valence-corrected chi connectivity index (χ2v) is 6.65. The van der Waals surface area contributed by atoms with Gasteiger partial charge < -0.3 is 5.32 Å². The molecule has 0 saturated heterocycles. The van der Waals surface area contributed by atoms with Crippen LogP contribution in [0.15, 0.2) is 23.2 Å². The maximum absolute atomic E-state index is 12.3. The van der Waals surface area contributed by atoms with Crippen LogP contribution in [0.4, 0.5) is 5.82 Å². The summed E-state index contributed by atoms with van der Waals surface area (Å²) in [7, 11) is -1.86. The number of rotatable bonds is 9. The van der Waals surface area contributed by atoms with Crippen molar-refractivity contribution >= 4 is 15.8 Å². The number of anilines is 1. The third-order valence-electron chi connectivity index (χ3n) is 3.14. The van der Waals surface area contributed by atoms with Crippen LogP contribution in [-0.4, -0.2) is 26.5 Å². The number of aromatic nitrogens is 1. The fraction of sp³-hybridized carbons (Fsp3) is 0.643. The van der Waals surface area contributed by atoms with Crippen LogP contribution in [0.3, 0.4) is 0 Å². The van der Waals surface area contributed by atoms with Crippen LogP contribution < -0.4 is 10.0 Å². The SMILES string of the molecule is CCCCCCC(C)NS(=O)(=O)c1cccnc1NC. The van der Waals surface area contributed by atoms with Crippen LogP contribution in [0, 0.1) is 0 Å². The lowest BCUT2D eigenvalue weighted by Gasteiger charge is -2.15. The lowest BCUT2D eigenvalue weighted by atomic mass is 10.1. The molecule has 1 aromatic rings. The Morgan fingerprint density at radius 3 is 2.70 bits per heavy atom. The van der Waals surface area contributed by atoms with E-state index < -0.39 is 10.0 Å². The molecule has 114 valence electrons. The molecule has 0 radical (unpaired) electrons. The van der Waals surface area contributed by atoms with Crippen molar-refractivity contribution in [1.82, 2.24) is 9.71 Å². The third kappa shape index (κ3) is 5.09. The number of hydrogen-bond donors (Lipinski definition) is 2. The quantitative estimate of drug-likeness (QED) is 0.688. The van der Waals surface area contributed by atoms with Gasteiger partial charge in [-0.25, -0.2) is 18.1 Å². The maximum Gasteiger partial charge on any atom is 0.244 e. The molecule has 0 aliphatic heterocycles. The molecule has 1 aromatic heterocycles. The standard InChI is InChI=1S/C14H25N3O2S/c1-4-5-6-7-9-12(2)17-20(18,19)13-10-8-11-16-14(13)15-3/h8,10-12,17H,4-7,9H2,1-3H3,(H,15,16). The molecule has 0 spiro atoms. The van der Waals surface area contributed by atoms with Crippen molar-refractivity contribution in [1.29, 1.82) is 0 Å². The van der Waals surface area contributed by atoms with Gasteiger partial charge in [0.1, 0.15) is 10.7 Å². The minimum Gasteiger partial charge on any atom is -0.372 e. The zero-order valence-corrected chi connectivity index (χ0v) is 13.3.